The quantitative estimate of drug-likeness (QED) is 0.446. The van der Waals surface area contributed by atoms with E-state index in [0.29, 0.717) is 34.5 Å². The van der Waals surface area contributed by atoms with Crippen molar-refractivity contribution in [1.29, 1.82) is 0 Å². The summed E-state index contributed by atoms with van der Waals surface area (Å²) in [4.78, 5) is 27.8. The lowest BCUT2D eigenvalue weighted by molar-refractivity contribution is -0.119. The monoisotopic (exact) mass is 459 g/mol. The van der Waals surface area contributed by atoms with Crippen LogP contribution in [0.3, 0.4) is 0 Å². The SMILES string of the molecule is CC(=O)NCc1ccc(-c2csc(NC(=O)c3cc4cccc(Br)c4o3)n2)o1. The molecule has 0 atom stereocenters. The smallest absolute Gasteiger partial charge is 0.293 e. The summed E-state index contributed by atoms with van der Waals surface area (Å²) in [6.07, 6.45) is 0. The van der Waals surface area contributed by atoms with Crippen molar-refractivity contribution in [1.82, 2.24) is 10.3 Å². The van der Waals surface area contributed by atoms with Crippen LogP contribution in [0, 0.1) is 0 Å². The standard InChI is InChI=1S/C19H14BrN3O4S/c1-10(24)21-8-12-5-6-15(26-12)14-9-28-19(22-14)23-18(25)16-7-11-3-2-4-13(20)17(11)27-16/h2-7,9H,8H2,1H3,(H,21,24)(H,22,23,25). The maximum absolute atomic E-state index is 12.5. The zero-order valence-corrected chi connectivity index (χ0v) is 17.0. The fourth-order valence-corrected chi connectivity index (χ4v) is 3.72. The van der Waals surface area contributed by atoms with Gasteiger partial charge in [-0.1, -0.05) is 12.1 Å². The molecule has 0 aliphatic rings. The molecule has 0 radical (unpaired) electrons. The number of amides is 2. The molecule has 0 spiro atoms. The Balaban J connectivity index is 1.47. The molecule has 3 aromatic heterocycles. The maximum atomic E-state index is 12.5. The Bertz CT molecular complexity index is 1180. The third-order valence-corrected chi connectivity index (χ3v) is 5.25. The van der Waals surface area contributed by atoms with Crippen LogP contribution in [0.2, 0.25) is 0 Å². The van der Waals surface area contributed by atoms with Crippen LogP contribution in [0.25, 0.3) is 22.4 Å². The summed E-state index contributed by atoms with van der Waals surface area (Å²) in [6.45, 7) is 1.75. The third-order valence-electron chi connectivity index (χ3n) is 3.87. The molecule has 0 saturated carbocycles. The Hall–Kier alpha value is -2.91. The molecule has 1 aromatic carbocycles. The van der Waals surface area contributed by atoms with Gasteiger partial charge in [0, 0.05) is 17.7 Å². The highest BCUT2D eigenvalue weighted by Crippen LogP contribution is 2.29. The Morgan fingerprint density at radius 1 is 1.21 bits per heavy atom. The van der Waals surface area contributed by atoms with Crippen molar-refractivity contribution >= 4 is 55.2 Å². The molecule has 142 valence electrons. The number of furan rings is 2. The molecular weight excluding hydrogens is 446 g/mol. The predicted molar refractivity (Wildman–Crippen MR) is 109 cm³/mol. The Morgan fingerprint density at radius 2 is 2.07 bits per heavy atom. The van der Waals surface area contributed by atoms with Gasteiger partial charge in [-0.25, -0.2) is 4.98 Å². The Labute approximate surface area is 171 Å². The molecule has 4 rings (SSSR count). The molecule has 0 fully saturated rings. The van der Waals surface area contributed by atoms with Crippen molar-refractivity contribution in [3.05, 3.63) is 57.8 Å². The highest BCUT2D eigenvalue weighted by molar-refractivity contribution is 9.10. The minimum Gasteiger partial charge on any atom is -0.458 e. The minimum absolute atomic E-state index is 0.130. The van der Waals surface area contributed by atoms with Crippen LogP contribution < -0.4 is 10.6 Å². The van der Waals surface area contributed by atoms with E-state index in [0.717, 1.165) is 9.86 Å². The highest BCUT2D eigenvalue weighted by atomic mass is 79.9. The van der Waals surface area contributed by atoms with Crippen molar-refractivity contribution in [3.63, 3.8) is 0 Å². The van der Waals surface area contributed by atoms with Crippen molar-refractivity contribution in [2.45, 2.75) is 13.5 Å². The number of halogens is 1. The Morgan fingerprint density at radius 3 is 2.86 bits per heavy atom. The van der Waals surface area contributed by atoms with Crippen LogP contribution in [-0.2, 0) is 11.3 Å². The van der Waals surface area contributed by atoms with Gasteiger partial charge in [0.15, 0.2) is 16.7 Å². The first kappa shape index (κ1) is 18.5. The lowest BCUT2D eigenvalue weighted by Crippen LogP contribution is -2.18. The number of benzene rings is 1. The number of fused-ring (bicyclic) bond motifs is 1. The van der Waals surface area contributed by atoms with Gasteiger partial charge in [0.25, 0.3) is 5.91 Å². The molecule has 0 aliphatic heterocycles. The van der Waals surface area contributed by atoms with E-state index in [1.54, 1.807) is 23.6 Å². The maximum Gasteiger partial charge on any atom is 0.293 e. The second kappa shape index (κ2) is 7.61. The number of carbonyl (C=O) groups excluding carboxylic acids is 2. The van der Waals surface area contributed by atoms with Gasteiger partial charge in [0.05, 0.1) is 11.0 Å². The van der Waals surface area contributed by atoms with E-state index in [2.05, 4.69) is 31.5 Å². The van der Waals surface area contributed by atoms with Crippen LogP contribution in [0.4, 0.5) is 5.13 Å². The van der Waals surface area contributed by atoms with Crippen molar-refractivity contribution < 1.29 is 18.4 Å². The van der Waals surface area contributed by atoms with Crippen molar-refractivity contribution in [2.24, 2.45) is 0 Å². The highest BCUT2D eigenvalue weighted by Gasteiger charge is 2.16. The van der Waals surface area contributed by atoms with Crippen LogP contribution >= 0.6 is 27.3 Å². The molecule has 0 saturated heterocycles. The molecule has 4 aromatic rings. The molecule has 7 nitrogen and oxygen atoms in total. The summed E-state index contributed by atoms with van der Waals surface area (Å²) in [6, 6.07) is 10.8. The summed E-state index contributed by atoms with van der Waals surface area (Å²) >= 11 is 4.69. The molecule has 0 unspecified atom stereocenters. The van der Waals surface area contributed by atoms with Gasteiger partial charge >= 0.3 is 0 Å². The molecule has 0 bridgehead atoms. The number of anilines is 1. The van der Waals surface area contributed by atoms with Crippen LogP contribution in [-0.4, -0.2) is 16.8 Å². The minimum atomic E-state index is -0.380. The number of para-hydroxylation sites is 1. The van der Waals surface area contributed by atoms with E-state index in [4.69, 9.17) is 8.83 Å². The average Bonchev–Trinajstić information content (AvgIpc) is 3.39. The van der Waals surface area contributed by atoms with Crippen LogP contribution in [0.1, 0.15) is 23.2 Å². The third kappa shape index (κ3) is 3.85. The van der Waals surface area contributed by atoms with Gasteiger partial charge in [0.2, 0.25) is 5.91 Å². The van der Waals surface area contributed by atoms with Gasteiger partial charge < -0.3 is 14.2 Å². The van der Waals surface area contributed by atoms with Gasteiger partial charge in [-0.05, 0) is 40.2 Å². The van der Waals surface area contributed by atoms with E-state index >= 15 is 0 Å². The average molecular weight is 460 g/mol. The molecule has 2 amide bonds. The fraction of sp³-hybridized carbons (Fsp3) is 0.105. The van der Waals surface area contributed by atoms with Crippen molar-refractivity contribution in [2.75, 3.05) is 5.32 Å². The lowest BCUT2D eigenvalue weighted by atomic mass is 10.2. The second-order valence-electron chi connectivity index (χ2n) is 5.94. The number of rotatable bonds is 5. The lowest BCUT2D eigenvalue weighted by Gasteiger charge is -1.98. The molecule has 3 heterocycles. The largest absolute Gasteiger partial charge is 0.458 e. The summed E-state index contributed by atoms with van der Waals surface area (Å²) in [5.41, 5.74) is 1.22. The zero-order chi connectivity index (χ0) is 19.7. The van der Waals surface area contributed by atoms with E-state index < -0.39 is 0 Å². The summed E-state index contributed by atoms with van der Waals surface area (Å²) in [5.74, 6) is 0.875. The van der Waals surface area contributed by atoms with Crippen LogP contribution in [0.5, 0.6) is 0 Å². The second-order valence-corrected chi connectivity index (χ2v) is 7.65. The summed E-state index contributed by atoms with van der Waals surface area (Å²) in [7, 11) is 0. The summed E-state index contributed by atoms with van der Waals surface area (Å²) in [5, 5.41) is 8.45. The van der Waals surface area contributed by atoms with Gasteiger partial charge in [0.1, 0.15) is 17.0 Å². The van der Waals surface area contributed by atoms with E-state index in [-0.39, 0.29) is 17.6 Å². The van der Waals surface area contributed by atoms with Crippen molar-refractivity contribution in [3.8, 4) is 11.5 Å². The molecule has 28 heavy (non-hydrogen) atoms. The van der Waals surface area contributed by atoms with E-state index in [9.17, 15) is 9.59 Å². The summed E-state index contributed by atoms with van der Waals surface area (Å²) < 4.78 is 12.1. The number of hydrogen-bond acceptors (Lipinski definition) is 6. The zero-order valence-electron chi connectivity index (χ0n) is 14.6. The van der Waals surface area contributed by atoms with E-state index in [1.807, 2.05) is 18.2 Å². The number of aromatic nitrogens is 1. The van der Waals surface area contributed by atoms with Gasteiger partial charge in [-0.2, -0.15) is 0 Å². The number of thiazole rings is 1. The number of carbonyl (C=O) groups is 2. The first-order valence-corrected chi connectivity index (χ1v) is 9.95. The molecule has 0 aliphatic carbocycles. The first-order valence-electron chi connectivity index (χ1n) is 8.28. The first-order chi connectivity index (χ1) is 13.5. The molecule has 2 N–H and O–H groups in total. The fourth-order valence-electron chi connectivity index (χ4n) is 2.56. The molecule has 9 heteroatoms. The van der Waals surface area contributed by atoms with Gasteiger partial charge in [-0.15, -0.1) is 11.3 Å². The Kier molecular flexibility index (Phi) is 5.01. The van der Waals surface area contributed by atoms with Crippen LogP contribution in [0.15, 0.2) is 55.1 Å². The normalized spacial score (nSPS) is 10.9. The van der Waals surface area contributed by atoms with Gasteiger partial charge in [-0.3, -0.25) is 14.9 Å². The predicted octanol–water partition coefficient (Wildman–Crippen LogP) is 4.80. The number of hydrogen-bond donors (Lipinski definition) is 2. The van der Waals surface area contributed by atoms with E-state index in [1.165, 1.54) is 18.3 Å². The molecular formula is C19H14BrN3O4S. The number of nitrogens with one attached hydrogen (secondary N) is 2. The number of nitrogens with zero attached hydrogens (tertiary/aromatic N) is 1. The topological polar surface area (TPSA) is 97.4 Å².